The van der Waals surface area contributed by atoms with Crippen LogP contribution in [0.25, 0.3) is 0 Å². The minimum atomic E-state index is -1.76. The summed E-state index contributed by atoms with van der Waals surface area (Å²) < 4.78 is 21.0. The van der Waals surface area contributed by atoms with Crippen molar-refractivity contribution < 1.29 is 59.5 Å². The lowest BCUT2D eigenvalue weighted by atomic mass is 9.97. The van der Waals surface area contributed by atoms with Crippen molar-refractivity contribution in [2.45, 2.75) is 81.7 Å². The fraction of sp³-hybridized carbons (Fsp3) is 0.941. The van der Waals surface area contributed by atoms with Crippen LogP contribution in [-0.4, -0.2) is 116 Å². The summed E-state index contributed by atoms with van der Waals surface area (Å²) in [4.78, 5) is 12.1. The molecule has 12 nitrogen and oxygen atoms in total. The maximum Gasteiger partial charge on any atom is 0.309 e. The summed E-state index contributed by atoms with van der Waals surface area (Å²) >= 11 is 0. The third-order valence-electron chi connectivity index (χ3n) is 5.21. The van der Waals surface area contributed by atoms with E-state index in [0.29, 0.717) is 6.42 Å². The molecule has 12 heteroatoms. The maximum atomic E-state index is 12.1. The Kier molecular flexibility index (Phi) is 8.72. The van der Waals surface area contributed by atoms with Crippen LogP contribution < -0.4 is 0 Å². The van der Waals surface area contributed by atoms with Crippen LogP contribution in [0.15, 0.2) is 0 Å². The van der Waals surface area contributed by atoms with Gasteiger partial charge in [-0.15, -0.1) is 0 Å². The molecule has 170 valence electrons. The van der Waals surface area contributed by atoms with Gasteiger partial charge in [0.05, 0.1) is 19.1 Å². The molecule has 2 aliphatic rings. The molecule has 0 aromatic rings. The van der Waals surface area contributed by atoms with E-state index >= 15 is 0 Å². The zero-order chi connectivity index (χ0) is 21.9. The fourth-order valence-electron chi connectivity index (χ4n) is 3.03. The molecule has 2 saturated heterocycles. The minimum Gasteiger partial charge on any atom is -0.456 e. The number of carbonyl (C=O) groups is 1. The second-order valence-electron chi connectivity index (χ2n) is 7.25. The third-order valence-corrected chi connectivity index (χ3v) is 5.21. The zero-order valence-electron chi connectivity index (χ0n) is 16.1. The van der Waals surface area contributed by atoms with Gasteiger partial charge in [-0.3, -0.25) is 4.79 Å². The Morgan fingerprint density at radius 1 is 0.862 bits per heavy atom. The second kappa shape index (κ2) is 10.4. The molecule has 2 heterocycles. The topological polar surface area (TPSA) is 196 Å². The van der Waals surface area contributed by atoms with Crippen molar-refractivity contribution in [1.82, 2.24) is 0 Å². The Balaban J connectivity index is 2.15. The highest BCUT2D eigenvalue weighted by Gasteiger charge is 2.51. The molecule has 0 spiro atoms. The van der Waals surface area contributed by atoms with Gasteiger partial charge in [0, 0.05) is 0 Å². The molecule has 7 N–H and O–H groups in total. The van der Waals surface area contributed by atoms with E-state index in [0.717, 1.165) is 0 Å². The van der Waals surface area contributed by atoms with Gasteiger partial charge in [-0.1, -0.05) is 13.8 Å². The highest BCUT2D eigenvalue weighted by atomic mass is 16.8. The van der Waals surface area contributed by atoms with Crippen molar-refractivity contribution in [3.63, 3.8) is 0 Å². The molecule has 0 amide bonds. The maximum absolute atomic E-state index is 12.1. The first-order valence-electron chi connectivity index (χ1n) is 9.45. The number of aliphatic hydroxyl groups excluding tert-OH is 7. The summed E-state index contributed by atoms with van der Waals surface area (Å²) in [5.74, 6) is -1.18. The van der Waals surface area contributed by atoms with Gasteiger partial charge in [-0.25, -0.2) is 0 Å². The Morgan fingerprint density at radius 3 is 1.90 bits per heavy atom. The monoisotopic (exact) mass is 426 g/mol. The first-order chi connectivity index (χ1) is 13.7. The van der Waals surface area contributed by atoms with Crippen LogP contribution in [0.2, 0.25) is 0 Å². The Bertz CT molecular complexity index is 531. The number of rotatable bonds is 7. The van der Waals surface area contributed by atoms with Crippen molar-refractivity contribution in [2.24, 2.45) is 5.92 Å². The van der Waals surface area contributed by atoms with Gasteiger partial charge < -0.3 is 54.7 Å². The van der Waals surface area contributed by atoms with Crippen molar-refractivity contribution in [3.05, 3.63) is 0 Å². The van der Waals surface area contributed by atoms with Crippen LogP contribution in [0.5, 0.6) is 0 Å². The van der Waals surface area contributed by atoms with Crippen LogP contribution in [-0.2, 0) is 23.7 Å². The zero-order valence-corrected chi connectivity index (χ0v) is 16.1. The van der Waals surface area contributed by atoms with E-state index in [-0.39, 0.29) is 0 Å². The lowest BCUT2D eigenvalue weighted by Crippen LogP contribution is -2.64. The summed E-state index contributed by atoms with van der Waals surface area (Å²) in [7, 11) is 0. The highest BCUT2D eigenvalue weighted by molar-refractivity contribution is 5.72. The predicted molar refractivity (Wildman–Crippen MR) is 91.9 cm³/mol. The van der Waals surface area contributed by atoms with Gasteiger partial charge in [0.1, 0.15) is 42.7 Å². The molecular formula is C17H30O12. The molecule has 2 fully saturated rings. The van der Waals surface area contributed by atoms with Gasteiger partial charge in [-0.2, -0.15) is 0 Å². The van der Waals surface area contributed by atoms with Gasteiger partial charge in [-0.05, 0) is 6.42 Å². The summed E-state index contributed by atoms with van der Waals surface area (Å²) in [6, 6.07) is 0. The van der Waals surface area contributed by atoms with Crippen molar-refractivity contribution in [1.29, 1.82) is 0 Å². The molecule has 0 aliphatic carbocycles. The second-order valence-corrected chi connectivity index (χ2v) is 7.25. The number of hydrogen-bond donors (Lipinski definition) is 7. The van der Waals surface area contributed by atoms with Gasteiger partial charge in [0.15, 0.2) is 18.7 Å². The average molecular weight is 426 g/mol. The summed E-state index contributed by atoms with van der Waals surface area (Å²) in [6.07, 6.45) is -15.2. The van der Waals surface area contributed by atoms with Crippen LogP contribution in [0, 0.1) is 5.92 Å². The molecule has 2 rings (SSSR count). The summed E-state index contributed by atoms with van der Waals surface area (Å²) in [5, 5.41) is 69.2. The third kappa shape index (κ3) is 5.22. The van der Waals surface area contributed by atoms with E-state index in [9.17, 15) is 40.5 Å². The molecular weight excluding hydrogens is 396 g/mol. The van der Waals surface area contributed by atoms with Gasteiger partial charge >= 0.3 is 5.97 Å². The standard InChI is InChI=1S/C17H30O12/c1-3-6(2)15(25)28-14-10(21)8(5-19)27-17(13(14)24)29-16-12(23)11(22)9(20)7(4-18)26-16/h6-14,16-24H,3-5H2,1-2H3/t6?,7-,8-,9-,10-,11+,12-,13-,14+,16-,17-/m1/s1. The predicted octanol–water partition coefficient (Wildman–Crippen LogP) is -3.80. The van der Waals surface area contributed by atoms with Crippen molar-refractivity contribution >= 4 is 5.97 Å². The quantitative estimate of drug-likeness (QED) is 0.196. The van der Waals surface area contributed by atoms with E-state index in [2.05, 4.69) is 0 Å². The molecule has 29 heavy (non-hydrogen) atoms. The number of ether oxygens (including phenoxy) is 4. The van der Waals surface area contributed by atoms with E-state index in [1.54, 1.807) is 13.8 Å². The number of hydrogen-bond acceptors (Lipinski definition) is 12. The number of esters is 1. The van der Waals surface area contributed by atoms with Crippen molar-refractivity contribution in [2.75, 3.05) is 13.2 Å². The number of aliphatic hydroxyl groups is 7. The Hall–Kier alpha value is -0.930. The van der Waals surface area contributed by atoms with Gasteiger partial charge in [0.2, 0.25) is 0 Å². The lowest BCUT2D eigenvalue weighted by Gasteiger charge is -2.45. The molecule has 0 aromatic carbocycles. The SMILES string of the molecule is CCC(C)C(=O)O[C@@H]1[C@@H](O)[C@@H](O[C@H]2O[C@H](CO)[C@@H](O)[C@H](O)[C@H]2O)O[C@H](CO)[C@H]1O. The van der Waals surface area contributed by atoms with Crippen molar-refractivity contribution in [3.8, 4) is 0 Å². The molecule has 1 unspecified atom stereocenters. The van der Waals surface area contributed by atoms with E-state index < -0.39 is 86.5 Å². The van der Waals surface area contributed by atoms with Crippen LogP contribution in [0.3, 0.4) is 0 Å². The van der Waals surface area contributed by atoms with Gasteiger partial charge in [0.25, 0.3) is 0 Å². The summed E-state index contributed by atoms with van der Waals surface area (Å²) in [5.41, 5.74) is 0. The molecule has 0 radical (unpaired) electrons. The number of carbonyl (C=O) groups excluding carboxylic acids is 1. The lowest BCUT2D eigenvalue weighted by molar-refractivity contribution is -0.376. The molecule has 0 bridgehead atoms. The first-order valence-corrected chi connectivity index (χ1v) is 9.45. The summed E-state index contributed by atoms with van der Waals surface area (Å²) in [6.45, 7) is 1.97. The highest BCUT2D eigenvalue weighted by Crippen LogP contribution is 2.29. The largest absolute Gasteiger partial charge is 0.456 e. The molecule has 11 atom stereocenters. The minimum absolute atomic E-state index is 0.461. The van der Waals surface area contributed by atoms with E-state index in [4.69, 9.17) is 18.9 Å². The van der Waals surface area contributed by atoms with Crippen LogP contribution in [0.1, 0.15) is 20.3 Å². The Labute approximate surface area is 167 Å². The average Bonchev–Trinajstić information content (AvgIpc) is 2.72. The van der Waals surface area contributed by atoms with E-state index in [1.807, 2.05) is 0 Å². The van der Waals surface area contributed by atoms with E-state index in [1.165, 1.54) is 0 Å². The first kappa shape index (κ1) is 24.3. The van der Waals surface area contributed by atoms with Crippen LogP contribution >= 0.6 is 0 Å². The van der Waals surface area contributed by atoms with Crippen LogP contribution in [0.4, 0.5) is 0 Å². The molecule has 0 aromatic heterocycles. The fourth-order valence-corrected chi connectivity index (χ4v) is 3.03. The molecule has 2 aliphatic heterocycles. The smallest absolute Gasteiger partial charge is 0.309 e. The molecule has 0 saturated carbocycles. The Morgan fingerprint density at radius 2 is 1.38 bits per heavy atom. The normalized spacial score (nSPS) is 44.3.